The number of aryl methyl sites for hydroxylation is 2. The molecule has 1 aromatic carbocycles. The van der Waals surface area contributed by atoms with Crippen LogP contribution < -0.4 is 0 Å². The number of aromatic nitrogens is 3. The third kappa shape index (κ3) is 3.94. The lowest BCUT2D eigenvalue weighted by Gasteiger charge is -2.16. The highest BCUT2D eigenvalue weighted by atomic mass is 16.3. The quantitative estimate of drug-likeness (QED) is 0.732. The van der Waals surface area contributed by atoms with E-state index in [4.69, 9.17) is 0 Å². The molecule has 0 amide bonds. The van der Waals surface area contributed by atoms with Gasteiger partial charge in [-0.2, -0.15) is 5.10 Å². The maximum Gasteiger partial charge on any atom is 0.0710 e. The molecule has 5 heteroatoms. The minimum absolute atomic E-state index is 0.253. The second-order valence-electron chi connectivity index (χ2n) is 7.67. The number of hydrogen-bond donors (Lipinski definition) is 2. The number of β-amino-alcohol motifs (C(OH)–C–C–N with tert-alkyl or cyclic N) is 1. The molecule has 0 aliphatic carbocycles. The van der Waals surface area contributed by atoms with Crippen LogP contribution in [-0.4, -0.2) is 44.4 Å². The molecule has 2 atom stereocenters. The average Bonchev–Trinajstić information content (AvgIpc) is 3.25. The largest absolute Gasteiger partial charge is 0.391 e. The molecule has 1 saturated heterocycles. The van der Waals surface area contributed by atoms with Crippen LogP contribution >= 0.6 is 0 Å². The van der Waals surface area contributed by atoms with E-state index in [1.807, 2.05) is 30.7 Å². The molecule has 1 aliphatic rings. The molecule has 0 saturated carbocycles. The smallest absolute Gasteiger partial charge is 0.0710 e. The number of rotatable bonds is 5. The Hall–Kier alpha value is -2.50. The Balaban J connectivity index is 1.48. The summed E-state index contributed by atoms with van der Waals surface area (Å²) in [5.41, 5.74) is 7.18. The van der Waals surface area contributed by atoms with Crippen molar-refractivity contribution < 1.29 is 5.11 Å². The third-order valence-corrected chi connectivity index (χ3v) is 5.50. The van der Waals surface area contributed by atoms with Gasteiger partial charge >= 0.3 is 0 Å². The van der Waals surface area contributed by atoms with Crippen molar-refractivity contribution in [2.24, 2.45) is 5.92 Å². The number of likely N-dealkylation sites (tertiary alicyclic amines) is 1. The van der Waals surface area contributed by atoms with Gasteiger partial charge < -0.3 is 5.11 Å². The van der Waals surface area contributed by atoms with Gasteiger partial charge in [0.2, 0.25) is 0 Å². The highest BCUT2D eigenvalue weighted by Crippen LogP contribution is 2.29. The number of H-pyrrole nitrogens is 1. The van der Waals surface area contributed by atoms with Crippen LogP contribution in [0.4, 0.5) is 0 Å². The molecular weight excluding hydrogens is 336 g/mol. The van der Waals surface area contributed by atoms with Crippen LogP contribution in [0.5, 0.6) is 0 Å². The van der Waals surface area contributed by atoms with Crippen molar-refractivity contribution in [1.82, 2.24) is 20.1 Å². The molecule has 2 aromatic heterocycles. The molecule has 0 radical (unpaired) electrons. The Morgan fingerprint density at radius 3 is 2.78 bits per heavy atom. The Bertz CT molecular complexity index is 906. The molecule has 1 fully saturated rings. The van der Waals surface area contributed by atoms with E-state index in [1.54, 1.807) is 0 Å². The minimum Gasteiger partial charge on any atom is -0.391 e. The molecule has 3 aromatic rings. The molecular formula is C22H26N4O. The van der Waals surface area contributed by atoms with Gasteiger partial charge in [-0.15, -0.1) is 0 Å². The number of nitrogens with zero attached hydrogens (tertiary/aromatic N) is 3. The summed E-state index contributed by atoms with van der Waals surface area (Å²) in [4.78, 5) is 6.40. The normalized spacial score (nSPS) is 20.3. The highest BCUT2D eigenvalue weighted by Gasteiger charge is 2.31. The lowest BCUT2D eigenvalue weighted by Crippen LogP contribution is -2.21. The van der Waals surface area contributed by atoms with Crippen LogP contribution in [0.1, 0.15) is 22.3 Å². The standard InChI is InChI=1S/C22H26N4O/c1-15-3-4-16(2)20(9-15)22-19(11-24-25-22)13-26-12-18(21(27)14-26)10-17-5-7-23-8-6-17/h3-9,11,18,21,27H,10,12-14H2,1-2H3,(H,24,25)/t18-,21-/m1/s1. The van der Waals surface area contributed by atoms with Crippen molar-refractivity contribution in [1.29, 1.82) is 0 Å². The van der Waals surface area contributed by atoms with E-state index in [1.165, 1.54) is 27.8 Å². The summed E-state index contributed by atoms with van der Waals surface area (Å²) in [6.07, 6.45) is 6.14. The molecule has 27 heavy (non-hydrogen) atoms. The predicted octanol–water partition coefficient (Wildman–Crippen LogP) is 3.12. The van der Waals surface area contributed by atoms with Crippen molar-refractivity contribution in [2.45, 2.75) is 32.9 Å². The van der Waals surface area contributed by atoms with Crippen molar-refractivity contribution >= 4 is 0 Å². The summed E-state index contributed by atoms with van der Waals surface area (Å²) in [7, 11) is 0. The summed E-state index contributed by atoms with van der Waals surface area (Å²) < 4.78 is 0. The molecule has 2 N–H and O–H groups in total. The highest BCUT2D eigenvalue weighted by molar-refractivity contribution is 5.67. The number of pyridine rings is 1. The fourth-order valence-electron chi connectivity index (χ4n) is 4.00. The Kier molecular flexibility index (Phi) is 5.05. The first-order valence-electron chi connectivity index (χ1n) is 9.49. The molecule has 1 aliphatic heterocycles. The summed E-state index contributed by atoms with van der Waals surface area (Å²) in [5, 5.41) is 18.0. The van der Waals surface area contributed by atoms with Gasteiger partial charge in [-0.1, -0.05) is 17.7 Å². The monoisotopic (exact) mass is 362 g/mol. The van der Waals surface area contributed by atoms with Gasteiger partial charge in [0.05, 0.1) is 18.0 Å². The SMILES string of the molecule is Cc1ccc(C)c(-c2[nH]ncc2CN2C[C@@H](Cc3ccncc3)[C@H](O)C2)c1. The zero-order valence-electron chi connectivity index (χ0n) is 15.9. The van der Waals surface area contributed by atoms with Crippen molar-refractivity contribution in [2.75, 3.05) is 13.1 Å². The number of aromatic amines is 1. The van der Waals surface area contributed by atoms with Crippen LogP contribution in [-0.2, 0) is 13.0 Å². The molecule has 0 unspecified atom stereocenters. The van der Waals surface area contributed by atoms with Gasteiger partial charge in [0.25, 0.3) is 0 Å². The first-order valence-corrected chi connectivity index (χ1v) is 9.49. The van der Waals surface area contributed by atoms with Crippen LogP contribution in [0.25, 0.3) is 11.3 Å². The van der Waals surface area contributed by atoms with E-state index in [0.717, 1.165) is 25.2 Å². The van der Waals surface area contributed by atoms with Crippen molar-refractivity contribution in [3.8, 4) is 11.3 Å². The molecule has 4 rings (SSSR count). The van der Waals surface area contributed by atoms with Gasteiger partial charge in [0, 0.05) is 49.1 Å². The zero-order valence-corrected chi connectivity index (χ0v) is 15.9. The Morgan fingerprint density at radius 1 is 1.15 bits per heavy atom. The van der Waals surface area contributed by atoms with Gasteiger partial charge in [-0.05, 0) is 49.6 Å². The van der Waals surface area contributed by atoms with Crippen molar-refractivity contribution in [3.63, 3.8) is 0 Å². The van der Waals surface area contributed by atoms with Crippen LogP contribution in [0, 0.1) is 19.8 Å². The second-order valence-corrected chi connectivity index (χ2v) is 7.67. The van der Waals surface area contributed by atoms with E-state index in [-0.39, 0.29) is 12.0 Å². The summed E-state index contributed by atoms with van der Waals surface area (Å²) >= 11 is 0. The summed E-state index contributed by atoms with van der Waals surface area (Å²) in [6, 6.07) is 10.6. The first kappa shape index (κ1) is 17.9. The number of nitrogens with one attached hydrogen (secondary N) is 1. The summed E-state index contributed by atoms with van der Waals surface area (Å²) in [5.74, 6) is 0.253. The number of hydrogen-bond acceptors (Lipinski definition) is 4. The fraction of sp³-hybridized carbons (Fsp3) is 0.364. The van der Waals surface area contributed by atoms with E-state index >= 15 is 0 Å². The van der Waals surface area contributed by atoms with Crippen LogP contribution in [0.3, 0.4) is 0 Å². The minimum atomic E-state index is -0.297. The van der Waals surface area contributed by atoms with Crippen molar-refractivity contribution in [3.05, 3.63) is 71.2 Å². The van der Waals surface area contributed by atoms with Gasteiger partial charge in [-0.3, -0.25) is 15.0 Å². The molecule has 0 spiro atoms. The van der Waals surface area contributed by atoms with Crippen LogP contribution in [0.15, 0.2) is 48.9 Å². The zero-order chi connectivity index (χ0) is 18.8. The molecule has 5 nitrogen and oxygen atoms in total. The van der Waals surface area contributed by atoms with Gasteiger partial charge in [0.15, 0.2) is 0 Å². The molecule has 3 heterocycles. The first-order chi connectivity index (χ1) is 13.1. The topological polar surface area (TPSA) is 65.0 Å². The lowest BCUT2D eigenvalue weighted by atomic mass is 9.97. The summed E-state index contributed by atoms with van der Waals surface area (Å²) in [6.45, 7) is 6.63. The predicted molar refractivity (Wildman–Crippen MR) is 106 cm³/mol. The van der Waals surface area contributed by atoms with E-state index < -0.39 is 0 Å². The number of aliphatic hydroxyl groups is 1. The molecule has 0 bridgehead atoms. The second kappa shape index (κ2) is 7.62. The third-order valence-electron chi connectivity index (χ3n) is 5.50. The van der Waals surface area contributed by atoms with E-state index in [9.17, 15) is 5.11 Å². The van der Waals surface area contributed by atoms with E-state index in [2.05, 4.69) is 52.1 Å². The molecule has 140 valence electrons. The van der Waals surface area contributed by atoms with Crippen LogP contribution in [0.2, 0.25) is 0 Å². The maximum atomic E-state index is 10.5. The Labute approximate surface area is 160 Å². The number of aliphatic hydroxyl groups excluding tert-OH is 1. The lowest BCUT2D eigenvalue weighted by molar-refractivity contribution is 0.141. The van der Waals surface area contributed by atoms with Gasteiger partial charge in [0.1, 0.15) is 0 Å². The Morgan fingerprint density at radius 2 is 1.96 bits per heavy atom. The number of benzene rings is 1. The average molecular weight is 362 g/mol. The fourth-order valence-corrected chi connectivity index (χ4v) is 4.00. The maximum absolute atomic E-state index is 10.5. The van der Waals surface area contributed by atoms with E-state index in [0.29, 0.717) is 6.54 Å². The van der Waals surface area contributed by atoms with Gasteiger partial charge in [-0.25, -0.2) is 0 Å².